The Morgan fingerprint density at radius 1 is 1.25 bits per heavy atom. The first kappa shape index (κ1) is 9.78. The topological polar surface area (TPSA) is 43.5 Å². The predicted molar refractivity (Wildman–Crippen MR) is 60.0 cm³/mol. The number of nitroso groups, excluding NO2 is 1. The van der Waals surface area contributed by atoms with Gasteiger partial charge in [-0.15, -0.1) is 0 Å². The first-order valence-electron chi connectivity index (χ1n) is 5.82. The minimum absolute atomic E-state index is 0.0406. The molecule has 1 fully saturated rings. The van der Waals surface area contributed by atoms with Crippen LogP contribution < -0.4 is 5.06 Å². The lowest BCUT2D eigenvalue weighted by molar-refractivity contribution is -0.518. The molecule has 16 heavy (non-hydrogen) atoms. The number of fused-ring (bicyclic) bond motifs is 2. The van der Waals surface area contributed by atoms with Gasteiger partial charge < -0.3 is 0 Å². The molecule has 1 N–H and O–H groups in total. The molecule has 2 aliphatic rings. The zero-order valence-corrected chi connectivity index (χ0v) is 9.04. The van der Waals surface area contributed by atoms with Gasteiger partial charge in [0, 0.05) is 22.2 Å². The molecule has 4 heteroatoms. The van der Waals surface area contributed by atoms with Crippen LogP contribution in [0.5, 0.6) is 0 Å². The first-order valence-corrected chi connectivity index (χ1v) is 5.82. The Bertz CT molecular complexity index is 433. The van der Waals surface area contributed by atoms with Gasteiger partial charge in [0.05, 0.1) is 0 Å². The molecule has 0 aromatic heterocycles. The average molecular weight is 219 g/mol. The maximum Gasteiger partial charge on any atom is 0.281 e. The third-order valence-corrected chi connectivity index (χ3v) is 3.68. The van der Waals surface area contributed by atoms with E-state index < -0.39 is 0 Å². The van der Waals surface area contributed by atoms with E-state index in [-0.39, 0.29) is 12.1 Å². The fraction of sp³-hybridized carbons (Fsp3) is 0.500. The van der Waals surface area contributed by atoms with Crippen molar-refractivity contribution in [2.45, 2.75) is 37.8 Å². The molecule has 0 radical (unpaired) electrons. The summed E-state index contributed by atoms with van der Waals surface area (Å²) in [7, 11) is 0. The molecule has 1 aromatic rings. The molecule has 0 bridgehead atoms. The van der Waals surface area contributed by atoms with Crippen molar-refractivity contribution >= 4 is 11.4 Å². The van der Waals surface area contributed by atoms with Crippen molar-refractivity contribution in [2.75, 3.05) is 5.06 Å². The van der Waals surface area contributed by atoms with Gasteiger partial charge in [0.2, 0.25) is 6.04 Å². The van der Waals surface area contributed by atoms with E-state index in [1.807, 2.05) is 12.1 Å². The largest absolute Gasteiger partial charge is 0.288 e. The molecule has 0 spiro atoms. The summed E-state index contributed by atoms with van der Waals surface area (Å²) in [6.45, 7) is 0. The van der Waals surface area contributed by atoms with Gasteiger partial charge in [0.25, 0.3) is 5.69 Å². The Hall–Kier alpha value is -1.42. The second-order valence-corrected chi connectivity index (χ2v) is 4.58. The van der Waals surface area contributed by atoms with Crippen LogP contribution in [0.3, 0.4) is 0 Å². The summed E-state index contributed by atoms with van der Waals surface area (Å²) in [4.78, 5) is 12.2. The maximum atomic E-state index is 12.2. The maximum absolute atomic E-state index is 12.2. The molecule has 2 atom stereocenters. The minimum Gasteiger partial charge on any atom is -0.288 e. The smallest absolute Gasteiger partial charge is 0.281 e. The highest BCUT2D eigenvalue weighted by molar-refractivity contribution is 5.63. The van der Waals surface area contributed by atoms with Gasteiger partial charge in [-0.25, -0.2) is 5.06 Å². The van der Waals surface area contributed by atoms with Crippen LogP contribution in [-0.2, 0) is 0 Å². The van der Waals surface area contributed by atoms with Crippen molar-refractivity contribution in [3.05, 3.63) is 29.2 Å². The Labute approximate surface area is 94.0 Å². The number of hydroxylamine groups is 1. The Morgan fingerprint density at radius 3 is 2.88 bits per heavy atom. The van der Waals surface area contributed by atoms with E-state index in [4.69, 9.17) is 0 Å². The standard InChI is InChI=1S/C12H15N2O2/c15-13-9-5-1-2-6-10(9)14(16)12-8-4-3-7-11(12)13/h1-2,5-6,11-12,15H,3-4,7-8H2/q+1/t11-,12+/m1/s1. The zero-order chi connectivity index (χ0) is 11.1. The van der Waals surface area contributed by atoms with E-state index in [2.05, 4.69) is 0 Å². The van der Waals surface area contributed by atoms with Gasteiger partial charge in [0.1, 0.15) is 11.7 Å². The summed E-state index contributed by atoms with van der Waals surface area (Å²) in [6.07, 6.45) is 3.94. The SMILES string of the molecule is O=[N+]1c2ccccc2N(O)[C@@H]2CCCC[C@@H]21. The van der Waals surface area contributed by atoms with Gasteiger partial charge in [-0.2, -0.15) is 0 Å². The Morgan fingerprint density at radius 2 is 2.00 bits per heavy atom. The zero-order valence-electron chi connectivity index (χ0n) is 9.04. The lowest BCUT2D eigenvalue weighted by Gasteiger charge is -2.35. The summed E-state index contributed by atoms with van der Waals surface area (Å²) in [5.74, 6) is 0. The minimum atomic E-state index is -0.0892. The number of nitrogens with zero attached hydrogens (tertiary/aromatic N) is 2. The highest BCUT2D eigenvalue weighted by atomic mass is 16.5. The Kier molecular flexibility index (Phi) is 2.17. The quantitative estimate of drug-likeness (QED) is 0.682. The third kappa shape index (κ3) is 1.26. The van der Waals surface area contributed by atoms with E-state index in [1.165, 1.54) is 5.06 Å². The second kappa shape index (κ2) is 3.56. The molecule has 3 rings (SSSR count). The van der Waals surface area contributed by atoms with E-state index in [9.17, 15) is 10.1 Å². The molecule has 4 nitrogen and oxygen atoms in total. The molecular weight excluding hydrogens is 204 g/mol. The number of hydrogen-bond donors (Lipinski definition) is 1. The summed E-state index contributed by atoms with van der Waals surface area (Å²) in [5, 5.41) is 11.4. The summed E-state index contributed by atoms with van der Waals surface area (Å²) < 4.78 is 1.09. The van der Waals surface area contributed by atoms with E-state index in [1.54, 1.807) is 12.1 Å². The molecule has 1 heterocycles. The van der Waals surface area contributed by atoms with Crippen LogP contribution in [0.25, 0.3) is 0 Å². The van der Waals surface area contributed by atoms with E-state index >= 15 is 0 Å². The number of benzene rings is 1. The van der Waals surface area contributed by atoms with Crippen molar-refractivity contribution in [1.29, 1.82) is 0 Å². The fourth-order valence-electron chi connectivity index (χ4n) is 2.85. The lowest BCUT2D eigenvalue weighted by atomic mass is 9.87. The third-order valence-electron chi connectivity index (χ3n) is 3.68. The molecule has 0 amide bonds. The van der Waals surface area contributed by atoms with Crippen molar-refractivity contribution in [2.24, 2.45) is 0 Å². The number of anilines is 1. The van der Waals surface area contributed by atoms with E-state index in [0.29, 0.717) is 11.4 Å². The predicted octanol–water partition coefficient (Wildman–Crippen LogP) is 2.62. The van der Waals surface area contributed by atoms with Crippen LogP contribution in [0, 0.1) is 4.91 Å². The molecule has 0 unspecified atom stereocenters. The average Bonchev–Trinajstić information content (AvgIpc) is 2.36. The van der Waals surface area contributed by atoms with Gasteiger partial charge in [0.15, 0.2) is 0 Å². The first-order chi connectivity index (χ1) is 7.79. The molecule has 1 aliphatic carbocycles. The molecule has 84 valence electrons. The van der Waals surface area contributed by atoms with Gasteiger partial charge in [-0.05, 0) is 18.9 Å². The highest BCUT2D eigenvalue weighted by Crippen LogP contribution is 2.40. The second-order valence-electron chi connectivity index (χ2n) is 4.58. The van der Waals surface area contributed by atoms with Crippen LogP contribution in [0.15, 0.2) is 24.3 Å². The van der Waals surface area contributed by atoms with Crippen LogP contribution in [0.4, 0.5) is 11.4 Å². The van der Waals surface area contributed by atoms with Gasteiger partial charge in [-0.1, -0.05) is 18.6 Å². The fourth-order valence-corrected chi connectivity index (χ4v) is 2.85. The van der Waals surface area contributed by atoms with Gasteiger partial charge >= 0.3 is 0 Å². The summed E-state index contributed by atoms with van der Waals surface area (Å²) in [5.41, 5.74) is 1.23. The van der Waals surface area contributed by atoms with Crippen LogP contribution in [-0.4, -0.2) is 22.1 Å². The highest BCUT2D eigenvalue weighted by Gasteiger charge is 2.47. The molecule has 1 aliphatic heterocycles. The van der Waals surface area contributed by atoms with Crippen molar-refractivity contribution in [3.63, 3.8) is 0 Å². The summed E-state index contributed by atoms with van der Waals surface area (Å²) in [6, 6.07) is 7.12. The summed E-state index contributed by atoms with van der Waals surface area (Å²) >= 11 is 0. The van der Waals surface area contributed by atoms with Crippen molar-refractivity contribution < 1.29 is 9.97 Å². The molecule has 0 saturated heterocycles. The number of rotatable bonds is 0. The molecule has 1 aromatic carbocycles. The van der Waals surface area contributed by atoms with Crippen molar-refractivity contribution in [1.82, 2.24) is 0 Å². The molecule has 1 saturated carbocycles. The lowest BCUT2D eigenvalue weighted by Crippen LogP contribution is -2.51. The number of para-hydroxylation sites is 2. The van der Waals surface area contributed by atoms with Crippen LogP contribution in [0.1, 0.15) is 25.7 Å². The number of hydrogen-bond acceptors (Lipinski definition) is 3. The molecular formula is C12H15N2O2+. The van der Waals surface area contributed by atoms with Crippen LogP contribution in [0.2, 0.25) is 0 Å². The monoisotopic (exact) mass is 219 g/mol. The van der Waals surface area contributed by atoms with Crippen LogP contribution >= 0.6 is 0 Å². The van der Waals surface area contributed by atoms with Crippen molar-refractivity contribution in [3.8, 4) is 0 Å². The Balaban J connectivity index is 2.09. The van der Waals surface area contributed by atoms with E-state index in [0.717, 1.165) is 30.4 Å². The normalized spacial score (nSPS) is 28.6. The van der Waals surface area contributed by atoms with Gasteiger partial charge in [-0.3, -0.25) is 5.21 Å².